The number of nitrogens with zero attached hydrogens (tertiary/aromatic N) is 1. The molecule has 2 aromatic heterocycles. The van der Waals surface area contributed by atoms with Crippen LogP contribution in [0, 0.1) is 0 Å². The number of rotatable bonds is 4. The van der Waals surface area contributed by atoms with Gasteiger partial charge in [-0.15, -0.1) is 11.3 Å². The van der Waals surface area contributed by atoms with Gasteiger partial charge in [0.2, 0.25) is 5.88 Å². The lowest BCUT2D eigenvalue weighted by Crippen LogP contribution is -2.16. The van der Waals surface area contributed by atoms with Crippen molar-refractivity contribution in [1.29, 1.82) is 0 Å². The van der Waals surface area contributed by atoms with Crippen molar-refractivity contribution in [3.8, 4) is 5.88 Å². The van der Waals surface area contributed by atoms with Gasteiger partial charge in [-0.2, -0.15) is 13.2 Å². The lowest BCUT2D eigenvalue weighted by atomic mass is 10.2. The Morgan fingerprint density at radius 3 is 2.65 bits per heavy atom. The van der Waals surface area contributed by atoms with Gasteiger partial charge < -0.3 is 10.5 Å². The molecule has 0 aliphatic carbocycles. The van der Waals surface area contributed by atoms with Gasteiger partial charge in [0.05, 0.1) is 5.56 Å². The number of nitrogens with two attached hydrogens (primary N) is 1. The van der Waals surface area contributed by atoms with Crippen molar-refractivity contribution < 1.29 is 17.9 Å². The zero-order chi connectivity index (χ0) is 14.8. The van der Waals surface area contributed by atoms with Gasteiger partial charge in [0.1, 0.15) is 17.3 Å². The molecule has 0 aromatic carbocycles. The average molecular weight is 318 g/mol. The third-order valence-corrected chi connectivity index (χ3v) is 3.42. The molecule has 0 aliphatic heterocycles. The molecule has 0 aliphatic rings. The summed E-state index contributed by atoms with van der Waals surface area (Å²) < 4.78 is 43.2. The molecular formula is C12H9F3N2OS2. The predicted octanol–water partition coefficient (Wildman–Crippen LogP) is 3.38. The van der Waals surface area contributed by atoms with Crippen LogP contribution in [0.1, 0.15) is 16.1 Å². The first kappa shape index (κ1) is 14.7. The maximum absolute atomic E-state index is 12.6. The molecule has 0 amide bonds. The van der Waals surface area contributed by atoms with Crippen LogP contribution in [-0.2, 0) is 12.8 Å². The number of thiocarbonyl (C=S) groups is 1. The molecule has 2 aromatic rings. The molecule has 8 heteroatoms. The summed E-state index contributed by atoms with van der Waals surface area (Å²) in [6.07, 6.45) is -4.55. The largest absolute Gasteiger partial charge is 0.471 e. The summed E-state index contributed by atoms with van der Waals surface area (Å²) in [6, 6.07) is 5.62. The van der Waals surface area contributed by atoms with Crippen molar-refractivity contribution in [3.63, 3.8) is 0 Å². The fourth-order valence-corrected chi connectivity index (χ4v) is 2.20. The Hall–Kier alpha value is -1.67. The summed E-state index contributed by atoms with van der Waals surface area (Å²) in [7, 11) is 0. The Bertz CT molecular complexity index is 612. The Morgan fingerprint density at radius 2 is 2.10 bits per heavy atom. The van der Waals surface area contributed by atoms with E-state index in [-0.39, 0.29) is 23.0 Å². The molecule has 2 heterocycles. The summed E-state index contributed by atoms with van der Waals surface area (Å²) in [5, 5.41) is 1.84. The van der Waals surface area contributed by atoms with E-state index in [9.17, 15) is 13.2 Å². The molecule has 0 radical (unpaired) electrons. The van der Waals surface area contributed by atoms with Gasteiger partial charge in [-0.05, 0) is 23.6 Å². The van der Waals surface area contributed by atoms with Crippen LogP contribution in [0.4, 0.5) is 13.2 Å². The monoisotopic (exact) mass is 318 g/mol. The van der Waals surface area contributed by atoms with E-state index in [0.29, 0.717) is 0 Å². The lowest BCUT2D eigenvalue weighted by molar-refractivity contribution is -0.141. The van der Waals surface area contributed by atoms with Crippen molar-refractivity contribution >= 4 is 28.5 Å². The molecule has 0 unspecified atom stereocenters. The van der Waals surface area contributed by atoms with Gasteiger partial charge in [-0.1, -0.05) is 18.3 Å². The van der Waals surface area contributed by atoms with Crippen LogP contribution in [0.25, 0.3) is 0 Å². The number of ether oxygens (including phenoxy) is 1. The molecule has 0 fully saturated rings. The van der Waals surface area contributed by atoms with Gasteiger partial charge >= 0.3 is 6.18 Å². The molecule has 0 atom stereocenters. The molecular weight excluding hydrogens is 309 g/mol. The minimum absolute atomic E-state index is 0.0626. The van der Waals surface area contributed by atoms with E-state index >= 15 is 0 Å². The summed E-state index contributed by atoms with van der Waals surface area (Å²) >= 11 is 6.21. The van der Waals surface area contributed by atoms with E-state index in [2.05, 4.69) is 4.98 Å². The number of thiophene rings is 1. The summed E-state index contributed by atoms with van der Waals surface area (Å²) in [5.74, 6) is -0.208. The number of hydrogen-bond acceptors (Lipinski definition) is 4. The number of aromatic nitrogens is 1. The Kier molecular flexibility index (Phi) is 4.24. The first-order chi connectivity index (χ1) is 9.38. The van der Waals surface area contributed by atoms with E-state index in [4.69, 9.17) is 22.7 Å². The normalized spacial score (nSPS) is 11.3. The fraction of sp³-hybridized carbons (Fsp3) is 0.167. The van der Waals surface area contributed by atoms with Crippen LogP contribution in [0.5, 0.6) is 5.88 Å². The second kappa shape index (κ2) is 5.76. The van der Waals surface area contributed by atoms with Crippen molar-refractivity contribution in [1.82, 2.24) is 4.98 Å². The second-order valence-electron chi connectivity index (χ2n) is 3.78. The molecule has 0 bridgehead atoms. The van der Waals surface area contributed by atoms with Crippen LogP contribution in [0.3, 0.4) is 0 Å². The first-order valence-corrected chi connectivity index (χ1v) is 6.70. The van der Waals surface area contributed by atoms with Crippen molar-refractivity contribution in [2.45, 2.75) is 12.8 Å². The number of alkyl halides is 3. The van der Waals surface area contributed by atoms with Crippen LogP contribution < -0.4 is 10.5 Å². The third-order valence-electron chi connectivity index (χ3n) is 2.35. The van der Waals surface area contributed by atoms with Crippen LogP contribution in [0.2, 0.25) is 0 Å². The molecule has 0 saturated carbocycles. The standard InChI is InChI=1S/C12H9F3N2OS2/c13-12(14,15)9-4-3-8(10(16)19)11(17-9)18-6-7-2-1-5-20-7/h1-5H,6H2,(H2,16,19). The molecule has 3 nitrogen and oxygen atoms in total. The van der Waals surface area contributed by atoms with Gasteiger partial charge in [0.15, 0.2) is 0 Å². The Morgan fingerprint density at radius 1 is 1.35 bits per heavy atom. The van der Waals surface area contributed by atoms with E-state index in [1.165, 1.54) is 17.4 Å². The smallest absolute Gasteiger partial charge is 0.433 e. The number of halogens is 3. The zero-order valence-electron chi connectivity index (χ0n) is 9.98. The second-order valence-corrected chi connectivity index (χ2v) is 5.25. The highest BCUT2D eigenvalue weighted by atomic mass is 32.1. The minimum atomic E-state index is -4.55. The topological polar surface area (TPSA) is 48.1 Å². The van der Waals surface area contributed by atoms with E-state index in [1.54, 1.807) is 6.07 Å². The van der Waals surface area contributed by atoms with Crippen LogP contribution >= 0.6 is 23.6 Å². The molecule has 20 heavy (non-hydrogen) atoms. The van der Waals surface area contributed by atoms with Crippen molar-refractivity contribution in [3.05, 3.63) is 45.8 Å². The SMILES string of the molecule is NC(=S)c1ccc(C(F)(F)F)nc1OCc1cccs1. The van der Waals surface area contributed by atoms with Gasteiger partial charge in [0.25, 0.3) is 0 Å². The van der Waals surface area contributed by atoms with Crippen molar-refractivity contribution in [2.75, 3.05) is 0 Å². The van der Waals surface area contributed by atoms with Gasteiger partial charge in [-0.25, -0.2) is 4.98 Å². The third kappa shape index (κ3) is 3.45. The Balaban J connectivity index is 2.29. The van der Waals surface area contributed by atoms with E-state index in [0.717, 1.165) is 10.9 Å². The van der Waals surface area contributed by atoms with Gasteiger partial charge in [0, 0.05) is 4.88 Å². The van der Waals surface area contributed by atoms with Crippen LogP contribution in [0.15, 0.2) is 29.6 Å². The summed E-state index contributed by atoms with van der Waals surface area (Å²) in [6.45, 7) is 0.113. The molecule has 2 N–H and O–H groups in total. The maximum atomic E-state index is 12.6. The Labute approximate surface area is 122 Å². The van der Waals surface area contributed by atoms with E-state index < -0.39 is 11.9 Å². The zero-order valence-corrected chi connectivity index (χ0v) is 11.6. The molecule has 0 spiro atoms. The molecule has 0 saturated heterocycles. The summed E-state index contributed by atoms with van der Waals surface area (Å²) in [5.41, 5.74) is 4.60. The lowest BCUT2D eigenvalue weighted by Gasteiger charge is -2.12. The number of hydrogen-bond donors (Lipinski definition) is 1. The maximum Gasteiger partial charge on any atom is 0.433 e. The fourth-order valence-electron chi connectivity index (χ4n) is 1.43. The highest BCUT2D eigenvalue weighted by Crippen LogP contribution is 2.30. The minimum Gasteiger partial charge on any atom is -0.471 e. The predicted molar refractivity (Wildman–Crippen MR) is 73.8 cm³/mol. The highest BCUT2D eigenvalue weighted by molar-refractivity contribution is 7.80. The van der Waals surface area contributed by atoms with Crippen LogP contribution in [-0.4, -0.2) is 9.97 Å². The summed E-state index contributed by atoms with van der Waals surface area (Å²) in [4.78, 5) is 4.25. The first-order valence-electron chi connectivity index (χ1n) is 5.41. The molecule has 106 valence electrons. The van der Waals surface area contributed by atoms with E-state index in [1.807, 2.05) is 11.4 Å². The highest BCUT2D eigenvalue weighted by Gasteiger charge is 2.33. The van der Waals surface area contributed by atoms with Crippen molar-refractivity contribution in [2.24, 2.45) is 5.73 Å². The molecule has 2 rings (SSSR count). The van der Waals surface area contributed by atoms with Gasteiger partial charge in [-0.3, -0.25) is 0 Å². The quantitative estimate of drug-likeness (QED) is 0.878. The number of pyridine rings is 1. The average Bonchev–Trinajstić information content (AvgIpc) is 2.87.